The molecule has 1 aliphatic heterocycles. The average Bonchev–Trinajstić information content (AvgIpc) is 2.62. The van der Waals surface area contributed by atoms with Crippen LogP contribution in [0.3, 0.4) is 0 Å². The highest BCUT2D eigenvalue weighted by Gasteiger charge is 1.94. The normalized spacial score (nSPS) is 13.8. The number of Topliss-reactive ketones (excluding diaryl/α,β-unsaturated/α-hetero) is 1. The number of carbonyl (C=O) groups excluding carboxylic acids is 1. The number of aliphatic imine (C=N–C) groups is 2. The van der Waals surface area contributed by atoms with Crippen molar-refractivity contribution in [3.8, 4) is 0 Å². The first-order valence-electron chi connectivity index (χ1n) is 3.37. The van der Waals surface area contributed by atoms with Gasteiger partial charge < -0.3 is 0 Å². The molecule has 5 nitrogen and oxygen atoms in total. The van der Waals surface area contributed by atoms with E-state index in [2.05, 4.69) is 20.2 Å². The molecule has 5 heteroatoms. The van der Waals surface area contributed by atoms with Gasteiger partial charge in [0.1, 0.15) is 12.9 Å². The van der Waals surface area contributed by atoms with Gasteiger partial charge in [0.15, 0.2) is 5.78 Å². The van der Waals surface area contributed by atoms with Crippen molar-refractivity contribution in [2.24, 2.45) is 9.98 Å². The summed E-state index contributed by atoms with van der Waals surface area (Å²) in [5.41, 5.74) is 0. The monoisotopic (exact) mass is 164 g/mol. The predicted molar refractivity (Wildman–Crippen MR) is 45.4 cm³/mol. The third-order valence-electron chi connectivity index (χ3n) is 1.02. The molecule has 0 saturated heterocycles. The molecular weight excluding hydrogens is 156 g/mol. The molecule has 0 unspecified atom stereocenters. The van der Waals surface area contributed by atoms with Crippen LogP contribution in [0.4, 0.5) is 0 Å². The zero-order valence-corrected chi connectivity index (χ0v) is 6.34. The van der Waals surface area contributed by atoms with Crippen LogP contribution in [-0.2, 0) is 4.79 Å². The summed E-state index contributed by atoms with van der Waals surface area (Å²) in [6.45, 7) is 0.267. The molecule has 0 aromatic carbocycles. The van der Waals surface area contributed by atoms with Gasteiger partial charge in [-0.3, -0.25) is 14.9 Å². The van der Waals surface area contributed by atoms with E-state index in [1.54, 1.807) is 12.4 Å². The van der Waals surface area contributed by atoms with Crippen molar-refractivity contribution in [3.05, 3.63) is 18.5 Å². The lowest BCUT2D eigenvalue weighted by Gasteiger charge is -1.88. The molecule has 12 heavy (non-hydrogen) atoms. The van der Waals surface area contributed by atoms with Crippen LogP contribution in [0.1, 0.15) is 0 Å². The molecule has 2 rings (SSSR count). The number of hydrogen-bond acceptors (Lipinski definition) is 4. The second kappa shape index (κ2) is 4.95. The van der Waals surface area contributed by atoms with Gasteiger partial charge in [0.05, 0.1) is 6.21 Å². The van der Waals surface area contributed by atoms with Crippen molar-refractivity contribution in [2.75, 3.05) is 6.54 Å². The van der Waals surface area contributed by atoms with E-state index < -0.39 is 0 Å². The van der Waals surface area contributed by atoms with E-state index in [0.29, 0.717) is 0 Å². The fourth-order valence-corrected chi connectivity index (χ4v) is 0.550. The van der Waals surface area contributed by atoms with Crippen LogP contribution < -0.4 is 0 Å². The summed E-state index contributed by atoms with van der Waals surface area (Å²) < 4.78 is 0. The Kier molecular flexibility index (Phi) is 3.43. The van der Waals surface area contributed by atoms with Crippen molar-refractivity contribution in [2.45, 2.75) is 0 Å². The standard InChI is InChI=1S/C4H4N2O.C3H4N2/c7-4-1-5-3-6-2-4;1-2-4-5-3-1/h1,3H,2H2;1-3H,(H,4,5). The second-order valence-electron chi connectivity index (χ2n) is 1.97. The number of nitrogens with zero attached hydrogens (tertiary/aromatic N) is 3. The van der Waals surface area contributed by atoms with Gasteiger partial charge in [0.25, 0.3) is 0 Å². The molecule has 0 atom stereocenters. The molecule has 1 N–H and O–H groups in total. The lowest BCUT2D eigenvalue weighted by molar-refractivity contribution is -0.111. The fourth-order valence-electron chi connectivity index (χ4n) is 0.550. The molecule has 1 aromatic rings. The van der Waals surface area contributed by atoms with Gasteiger partial charge in [-0.1, -0.05) is 0 Å². The molecule has 1 aromatic heterocycles. The number of H-pyrrole nitrogens is 1. The van der Waals surface area contributed by atoms with Gasteiger partial charge in [-0.25, -0.2) is 4.99 Å². The fraction of sp³-hybridized carbons (Fsp3) is 0.143. The van der Waals surface area contributed by atoms with E-state index in [4.69, 9.17) is 0 Å². The van der Waals surface area contributed by atoms with Gasteiger partial charge >= 0.3 is 0 Å². The minimum Gasteiger partial charge on any atom is -0.291 e. The van der Waals surface area contributed by atoms with Gasteiger partial charge in [-0.15, -0.1) is 0 Å². The lowest BCUT2D eigenvalue weighted by Crippen LogP contribution is -2.06. The first-order valence-corrected chi connectivity index (χ1v) is 3.37. The molecule has 0 radical (unpaired) electrons. The lowest BCUT2D eigenvalue weighted by atomic mass is 10.4. The molecular formula is C7H8N4O. The number of carbonyl (C=O) groups is 1. The topological polar surface area (TPSA) is 70.5 Å². The predicted octanol–water partition coefficient (Wildman–Crippen LogP) is 0.0779. The Labute approximate surface area is 69.2 Å². The van der Waals surface area contributed by atoms with Gasteiger partial charge in [-0.2, -0.15) is 5.10 Å². The van der Waals surface area contributed by atoms with Crippen molar-refractivity contribution in [1.82, 2.24) is 10.2 Å². The summed E-state index contributed by atoms with van der Waals surface area (Å²) in [6.07, 6.45) is 6.11. The van der Waals surface area contributed by atoms with Crippen molar-refractivity contribution in [3.63, 3.8) is 0 Å². The summed E-state index contributed by atoms with van der Waals surface area (Å²) in [7, 11) is 0. The summed E-state index contributed by atoms with van der Waals surface area (Å²) in [5.74, 6) is -0.0255. The zero-order chi connectivity index (χ0) is 8.65. The number of aromatic nitrogens is 2. The van der Waals surface area contributed by atoms with E-state index in [-0.39, 0.29) is 12.3 Å². The molecule has 2 heterocycles. The van der Waals surface area contributed by atoms with Crippen LogP contribution in [0.15, 0.2) is 28.4 Å². The Morgan fingerprint density at radius 3 is 2.67 bits per heavy atom. The molecule has 0 fully saturated rings. The highest BCUT2D eigenvalue weighted by molar-refractivity contribution is 6.30. The van der Waals surface area contributed by atoms with Crippen LogP contribution in [0.2, 0.25) is 0 Å². The molecule has 0 saturated carbocycles. The first kappa shape index (κ1) is 8.32. The maximum absolute atomic E-state index is 10.2. The summed E-state index contributed by atoms with van der Waals surface area (Å²) >= 11 is 0. The van der Waals surface area contributed by atoms with Crippen LogP contribution in [-0.4, -0.2) is 35.1 Å². The van der Waals surface area contributed by atoms with E-state index in [9.17, 15) is 4.79 Å². The number of ketones is 1. The van der Waals surface area contributed by atoms with E-state index in [1.807, 2.05) is 6.07 Å². The number of rotatable bonds is 0. The number of nitrogens with one attached hydrogen (secondary N) is 1. The molecule has 1 aliphatic rings. The van der Waals surface area contributed by atoms with Crippen LogP contribution in [0, 0.1) is 0 Å². The van der Waals surface area contributed by atoms with Crippen LogP contribution in [0.25, 0.3) is 0 Å². The number of aromatic amines is 1. The Morgan fingerprint density at radius 1 is 1.50 bits per heavy atom. The third-order valence-corrected chi connectivity index (χ3v) is 1.02. The minimum atomic E-state index is -0.0255. The van der Waals surface area contributed by atoms with Crippen molar-refractivity contribution >= 4 is 18.3 Å². The Balaban J connectivity index is 0.000000127. The SMILES string of the molecule is O=C1C=NC=NC1.c1cn[nH]c1. The van der Waals surface area contributed by atoms with Crippen LogP contribution in [0.5, 0.6) is 0 Å². The Hall–Kier alpha value is -1.78. The molecule has 0 aliphatic carbocycles. The first-order chi connectivity index (χ1) is 5.89. The second-order valence-corrected chi connectivity index (χ2v) is 1.97. The number of hydrogen-bond donors (Lipinski definition) is 1. The molecule has 0 bridgehead atoms. The van der Waals surface area contributed by atoms with Crippen molar-refractivity contribution < 1.29 is 4.79 Å². The van der Waals surface area contributed by atoms with E-state index in [1.165, 1.54) is 12.6 Å². The summed E-state index contributed by atoms with van der Waals surface area (Å²) in [5, 5.41) is 6.21. The largest absolute Gasteiger partial charge is 0.291 e. The maximum atomic E-state index is 10.2. The Morgan fingerprint density at radius 2 is 2.42 bits per heavy atom. The smallest absolute Gasteiger partial charge is 0.195 e. The van der Waals surface area contributed by atoms with Gasteiger partial charge in [-0.05, 0) is 6.07 Å². The zero-order valence-electron chi connectivity index (χ0n) is 6.34. The summed E-state index contributed by atoms with van der Waals surface area (Å²) in [4.78, 5) is 17.3. The molecule has 0 amide bonds. The van der Waals surface area contributed by atoms with E-state index in [0.717, 1.165) is 0 Å². The van der Waals surface area contributed by atoms with Gasteiger partial charge in [0, 0.05) is 12.4 Å². The van der Waals surface area contributed by atoms with Gasteiger partial charge in [0.2, 0.25) is 0 Å². The maximum Gasteiger partial charge on any atom is 0.195 e. The molecule has 0 spiro atoms. The third kappa shape index (κ3) is 3.40. The highest BCUT2D eigenvalue weighted by Crippen LogP contribution is 1.76. The van der Waals surface area contributed by atoms with Crippen LogP contribution >= 0.6 is 0 Å². The quantitative estimate of drug-likeness (QED) is 0.589. The van der Waals surface area contributed by atoms with Crippen molar-refractivity contribution in [1.29, 1.82) is 0 Å². The Bertz CT molecular complexity index is 258. The molecule has 62 valence electrons. The average molecular weight is 164 g/mol. The minimum absolute atomic E-state index is 0.0255. The summed E-state index contributed by atoms with van der Waals surface area (Å²) in [6, 6.07) is 1.83. The van der Waals surface area contributed by atoms with E-state index >= 15 is 0 Å². The highest BCUT2D eigenvalue weighted by atomic mass is 16.1.